The van der Waals surface area contributed by atoms with Crippen molar-refractivity contribution in [3.63, 3.8) is 0 Å². The third-order valence-corrected chi connectivity index (χ3v) is 3.53. The molecule has 2 aromatic heterocycles. The number of halogens is 2. The minimum absolute atomic E-state index is 0.594. The Morgan fingerprint density at radius 1 is 1.10 bits per heavy atom. The van der Waals surface area contributed by atoms with E-state index in [4.69, 9.17) is 17.3 Å². The lowest BCUT2D eigenvalue weighted by Crippen LogP contribution is -1.97. The van der Waals surface area contributed by atoms with Crippen LogP contribution in [-0.2, 0) is 0 Å². The molecule has 0 aliphatic heterocycles. The summed E-state index contributed by atoms with van der Waals surface area (Å²) in [6.45, 7) is 0. The van der Waals surface area contributed by atoms with E-state index in [-0.39, 0.29) is 0 Å². The van der Waals surface area contributed by atoms with E-state index in [1.165, 1.54) is 0 Å². The maximum atomic E-state index is 6.03. The molecule has 0 unspecified atom stereocenters. The van der Waals surface area contributed by atoms with Gasteiger partial charge in [-0.2, -0.15) is 5.10 Å². The Morgan fingerprint density at radius 2 is 1.85 bits per heavy atom. The second-order valence-corrected chi connectivity index (χ2v) is 5.57. The van der Waals surface area contributed by atoms with E-state index in [1.54, 1.807) is 17.1 Å². The highest BCUT2D eigenvalue weighted by molar-refractivity contribution is 9.10. The van der Waals surface area contributed by atoms with Crippen LogP contribution in [0.15, 0.2) is 53.3 Å². The molecule has 0 radical (unpaired) electrons. The molecular weight excluding hydrogens is 340 g/mol. The fraction of sp³-hybridized carbons (Fsp3) is 0. The van der Waals surface area contributed by atoms with Crippen molar-refractivity contribution in [2.24, 2.45) is 0 Å². The van der Waals surface area contributed by atoms with Gasteiger partial charge in [-0.3, -0.25) is 0 Å². The zero-order valence-electron chi connectivity index (χ0n) is 10.3. The third kappa shape index (κ3) is 2.55. The number of hydrogen-bond acceptors (Lipinski definition) is 3. The molecule has 0 fully saturated rings. The van der Waals surface area contributed by atoms with E-state index in [0.29, 0.717) is 22.2 Å². The van der Waals surface area contributed by atoms with Crippen molar-refractivity contribution >= 4 is 33.2 Å². The van der Waals surface area contributed by atoms with E-state index in [0.717, 1.165) is 10.0 Å². The zero-order chi connectivity index (χ0) is 14.1. The Morgan fingerprint density at radius 3 is 2.50 bits per heavy atom. The van der Waals surface area contributed by atoms with Crippen molar-refractivity contribution in [2.45, 2.75) is 0 Å². The monoisotopic (exact) mass is 348 g/mol. The smallest absolute Gasteiger partial charge is 0.153 e. The standard InChI is InChI=1S/C14H10BrClN4/c15-10-3-6-13(18-7-10)20-8-12(17)14(19-20)9-1-4-11(16)5-2-9/h1-8H,17H2. The first kappa shape index (κ1) is 13.1. The number of rotatable bonds is 2. The molecule has 100 valence electrons. The number of nitrogens with zero attached hydrogens (tertiary/aromatic N) is 3. The molecule has 0 saturated carbocycles. The SMILES string of the molecule is Nc1cn(-c2ccc(Br)cn2)nc1-c1ccc(Cl)cc1. The van der Waals surface area contributed by atoms with Crippen molar-refractivity contribution in [1.29, 1.82) is 0 Å². The van der Waals surface area contributed by atoms with Gasteiger partial charge in [0.2, 0.25) is 0 Å². The van der Waals surface area contributed by atoms with Crippen molar-refractivity contribution < 1.29 is 0 Å². The van der Waals surface area contributed by atoms with Gasteiger partial charge >= 0.3 is 0 Å². The molecule has 2 N–H and O–H groups in total. The lowest BCUT2D eigenvalue weighted by molar-refractivity contribution is 0.849. The number of nitrogen functional groups attached to an aromatic ring is 1. The fourth-order valence-electron chi connectivity index (χ4n) is 1.84. The maximum Gasteiger partial charge on any atom is 0.153 e. The summed E-state index contributed by atoms with van der Waals surface area (Å²) in [5, 5.41) is 5.16. The average Bonchev–Trinajstić information content (AvgIpc) is 2.82. The minimum atomic E-state index is 0.594. The topological polar surface area (TPSA) is 56.7 Å². The Bertz CT molecular complexity index is 735. The molecule has 2 heterocycles. The molecular formula is C14H10BrClN4. The van der Waals surface area contributed by atoms with Gasteiger partial charge in [0.05, 0.1) is 11.9 Å². The zero-order valence-corrected chi connectivity index (χ0v) is 12.6. The first-order valence-electron chi connectivity index (χ1n) is 5.86. The van der Waals surface area contributed by atoms with Crippen LogP contribution >= 0.6 is 27.5 Å². The molecule has 0 aliphatic rings. The van der Waals surface area contributed by atoms with Crippen LogP contribution in [0.25, 0.3) is 17.1 Å². The molecule has 0 amide bonds. The normalized spacial score (nSPS) is 10.7. The summed E-state index contributed by atoms with van der Waals surface area (Å²) in [5.74, 6) is 0.708. The Hall–Kier alpha value is -1.85. The summed E-state index contributed by atoms with van der Waals surface area (Å²) in [4.78, 5) is 4.29. The molecule has 20 heavy (non-hydrogen) atoms. The van der Waals surface area contributed by atoms with Crippen LogP contribution in [0.1, 0.15) is 0 Å². The van der Waals surface area contributed by atoms with Gasteiger partial charge < -0.3 is 5.73 Å². The number of pyridine rings is 1. The molecule has 0 saturated heterocycles. The van der Waals surface area contributed by atoms with Gasteiger partial charge in [0.1, 0.15) is 5.69 Å². The van der Waals surface area contributed by atoms with Gasteiger partial charge in [-0.15, -0.1) is 0 Å². The lowest BCUT2D eigenvalue weighted by Gasteiger charge is -2.00. The first-order valence-corrected chi connectivity index (χ1v) is 7.03. The molecule has 3 aromatic rings. The van der Waals surface area contributed by atoms with Crippen LogP contribution in [0, 0.1) is 0 Å². The van der Waals surface area contributed by atoms with Crippen LogP contribution < -0.4 is 5.73 Å². The molecule has 0 aliphatic carbocycles. The van der Waals surface area contributed by atoms with E-state index in [2.05, 4.69) is 26.0 Å². The Labute approximate surface area is 129 Å². The van der Waals surface area contributed by atoms with Gasteiger partial charge in [0.15, 0.2) is 5.82 Å². The second-order valence-electron chi connectivity index (χ2n) is 4.22. The van der Waals surface area contributed by atoms with E-state index in [1.807, 2.05) is 36.4 Å². The Kier molecular flexibility index (Phi) is 3.46. The predicted octanol–water partition coefficient (Wildman–Crippen LogP) is 3.93. The second kappa shape index (κ2) is 5.26. The summed E-state index contributed by atoms with van der Waals surface area (Å²) < 4.78 is 2.57. The lowest BCUT2D eigenvalue weighted by atomic mass is 10.1. The summed E-state index contributed by atoms with van der Waals surface area (Å²) >= 11 is 9.24. The highest BCUT2D eigenvalue weighted by Crippen LogP contribution is 2.26. The number of aromatic nitrogens is 3. The average molecular weight is 350 g/mol. The number of nitrogens with two attached hydrogens (primary N) is 1. The van der Waals surface area contributed by atoms with E-state index >= 15 is 0 Å². The van der Waals surface area contributed by atoms with Crippen molar-refractivity contribution in [2.75, 3.05) is 5.73 Å². The number of benzene rings is 1. The van der Waals surface area contributed by atoms with Gasteiger partial charge in [-0.05, 0) is 40.2 Å². The summed E-state index contributed by atoms with van der Waals surface area (Å²) in [6, 6.07) is 11.2. The van der Waals surface area contributed by atoms with Gasteiger partial charge in [0, 0.05) is 21.3 Å². The minimum Gasteiger partial charge on any atom is -0.396 e. The predicted molar refractivity (Wildman–Crippen MR) is 83.9 cm³/mol. The van der Waals surface area contributed by atoms with Gasteiger partial charge in [0.25, 0.3) is 0 Å². The highest BCUT2D eigenvalue weighted by Gasteiger charge is 2.10. The van der Waals surface area contributed by atoms with Crippen LogP contribution in [-0.4, -0.2) is 14.8 Å². The number of anilines is 1. The summed E-state index contributed by atoms with van der Waals surface area (Å²) in [7, 11) is 0. The number of hydrogen-bond donors (Lipinski definition) is 1. The summed E-state index contributed by atoms with van der Waals surface area (Å²) in [6.07, 6.45) is 3.47. The molecule has 4 nitrogen and oxygen atoms in total. The van der Waals surface area contributed by atoms with E-state index < -0.39 is 0 Å². The molecule has 0 spiro atoms. The molecule has 1 aromatic carbocycles. The molecule has 6 heteroatoms. The highest BCUT2D eigenvalue weighted by atomic mass is 79.9. The van der Waals surface area contributed by atoms with Crippen LogP contribution in [0.3, 0.4) is 0 Å². The summed E-state index contributed by atoms with van der Waals surface area (Å²) in [5.41, 5.74) is 8.25. The van der Waals surface area contributed by atoms with Crippen LogP contribution in [0.2, 0.25) is 5.02 Å². The fourth-order valence-corrected chi connectivity index (χ4v) is 2.20. The largest absolute Gasteiger partial charge is 0.396 e. The maximum absolute atomic E-state index is 6.03. The van der Waals surface area contributed by atoms with Gasteiger partial charge in [-0.25, -0.2) is 9.67 Å². The van der Waals surface area contributed by atoms with Crippen LogP contribution in [0.4, 0.5) is 5.69 Å². The third-order valence-electron chi connectivity index (χ3n) is 2.81. The molecule has 3 rings (SSSR count). The quantitative estimate of drug-likeness (QED) is 0.762. The van der Waals surface area contributed by atoms with Crippen molar-refractivity contribution in [3.05, 3.63) is 58.3 Å². The van der Waals surface area contributed by atoms with Gasteiger partial charge in [-0.1, -0.05) is 23.7 Å². The molecule has 0 atom stereocenters. The first-order chi connectivity index (χ1) is 9.63. The van der Waals surface area contributed by atoms with Crippen molar-refractivity contribution in [3.8, 4) is 17.1 Å². The van der Waals surface area contributed by atoms with Crippen LogP contribution in [0.5, 0.6) is 0 Å². The van der Waals surface area contributed by atoms with Crippen molar-refractivity contribution in [1.82, 2.24) is 14.8 Å². The Balaban J connectivity index is 2.02. The van der Waals surface area contributed by atoms with E-state index in [9.17, 15) is 0 Å². The molecule has 0 bridgehead atoms.